The molecule has 3 N–H and O–H groups in total. The van der Waals surface area contributed by atoms with Crippen LogP contribution in [0.4, 0.5) is 14.9 Å². The van der Waals surface area contributed by atoms with Gasteiger partial charge in [0.2, 0.25) is 5.91 Å². The number of carbonyl (C=O) groups excluding carboxylic acids is 2. The number of hydrogen-bond acceptors (Lipinski definition) is 5. The van der Waals surface area contributed by atoms with Crippen molar-refractivity contribution in [2.45, 2.75) is 18.5 Å². The molecule has 5 rings (SSSR count). The summed E-state index contributed by atoms with van der Waals surface area (Å²) in [4.78, 5) is 39.6. The highest BCUT2D eigenvalue weighted by atomic mass is 19.1. The molecule has 0 aromatic heterocycles. The Morgan fingerprint density at radius 3 is 2.14 bits per heavy atom. The third kappa shape index (κ3) is 6.31. The average molecular weight is 568 g/mol. The van der Waals surface area contributed by atoms with Crippen LogP contribution < -0.4 is 10.6 Å². The maximum atomic E-state index is 14.8. The number of alkyl carbamates (subject to hydrolysis) is 1. The first kappa shape index (κ1) is 28.5. The van der Waals surface area contributed by atoms with Crippen LogP contribution in [0.3, 0.4) is 0 Å². The Labute approximate surface area is 242 Å². The number of fused-ring (bicyclic) bond motifs is 3. The molecule has 0 fully saturated rings. The van der Waals surface area contributed by atoms with Crippen molar-refractivity contribution in [2.24, 2.45) is 0 Å². The highest BCUT2D eigenvalue weighted by molar-refractivity contribution is 5.98. The molecular weight excluding hydrogens is 537 g/mol. The summed E-state index contributed by atoms with van der Waals surface area (Å²) in [6.07, 6.45) is -0.801. The summed E-state index contributed by atoms with van der Waals surface area (Å²) in [5, 5.41) is 14.3. The van der Waals surface area contributed by atoms with E-state index in [0.717, 1.165) is 33.9 Å². The zero-order valence-electron chi connectivity index (χ0n) is 22.9. The van der Waals surface area contributed by atoms with Crippen molar-refractivity contribution >= 4 is 23.7 Å². The van der Waals surface area contributed by atoms with Gasteiger partial charge in [-0.3, -0.25) is 9.69 Å². The van der Waals surface area contributed by atoms with Gasteiger partial charge in [-0.05, 0) is 47.0 Å². The van der Waals surface area contributed by atoms with E-state index in [0.29, 0.717) is 6.54 Å². The Hall–Kier alpha value is -5.02. The molecule has 9 heteroatoms. The second-order valence-electron chi connectivity index (χ2n) is 10.2. The summed E-state index contributed by atoms with van der Waals surface area (Å²) in [5.41, 5.74) is 4.41. The molecule has 0 saturated heterocycles. The van der Waals surface area contributed by atoms with E-state index in [4.69, 9.17) is 4.74 Å². The number of nitrogens with one attached hydrogen (secondary N) is 2. The molecule has 8 nitrogen and oxygen atoms in total. The maximum absolute atomic E-state index is 14.8. The average Bonchev–Trinajstić information content (AvgIpc) is 3.30. The van der Waals surface area contributed by atoms with E-state index in [1.165, 1.54) is 12.1 Å². The quantitative estimate of drug-likeness (QED) is 0.234. The van der Waals surface area contributed by atoms with Crippen molar-refractivity contribution < 1.29 is 28.6 Å². The standard InChI is InChI=1S/C33H30FN3O5/c1-37(18-21-10-3-2-4-11-21)19-29(31(38)35-28-17-9-16-26(30(28)34)32(39)40)36-33(41)42-20-27-24-14-7-5-12-22(24)23-13-6-8-15-25(23)27/h2-17,27,29H,18-20H2,1H3,(H,35,38)(H,36,41)(H,39,40). The van der Waals surface area contributed by atoms with Gasteiger partial charge in [0.05, 0.1) is 11.3 Å². The number of rotatable bonds is 10. The summed E-state index contributed by atoms with van der Waals surface area (Å²) in [6.45, 7) is 0.619. The van der Waals surface area contributed by atoms with Gasteiger partial charge in [-0.15, -0.1) is 0 Å². The van der Waals surface area contributed by atoms with Crippen LogP contribution in [-0.2, 0) is 16.1 Å². The lowest BCUT2D eigenvalue weighted by Crippen LogP contribution is -2.50. The minimum absolute atomic E-state index is 0.0589. The molecule has 0 aliphatic heterocycles. The fourth-order valence-electron chi connectivity index (χ4n) is 5.26. The van der Waals surface area contributed by atoms with Crippen LogP contribution in [0.2, 0.25) is 0 Å². The van der Waals surface area contributed by atoms with Crippen LogP contribution in [0.1, 0.15) is 33.0 Å². The van der Waals surface area contributed by atoms with E-state index in [9.17, 15) is 23.9 Å². The van der Waals surface area contributed by atoms with Gasteiger partial charge in [0, 0.05) is 19.0 Å². The summed E-state index contributed by atoms with van der Waals surface area (Å²) >= 11 is 0. The van der Waals surface area contributed by atoms with Crippen molar-refractivity contribution in [3.63, 3.8) is 0 Å². The van der Waals surface area contributed by atoms with Crippen LogP contribution in [0, 0.1) is 5.82 Å². The molecule has 4 aromatic carbocycles. The van der Waals surface area contributed by atoms with E-state index in [-0.39, 0.29) is 24.8 Å². The highest BCUT2D eigenvalue weighted by Gasteiger charge is 2.30. The fourth-order valence-corrected chi connectivity index (χ4v) is 5.26. The van der Waals surface area contributed by atoms with Crippen molar-refractivity contribution in [2.75, 3.05) is 25.5 Å². The van der Waals surface area contributed by atoms with E-state index < -0.39 is 35.4 Å². The fraction of sp³-hybridized carbons (Fsp3) is 0.182. The van der Waals surface area contributed by atoms with Gasteiger partial charge in [0.1, 0.15) is 12.6 Å². The molecular formula is C33H30FN3O5. The first-order valence-electron chi connectivity index (χ1n) is 13.5. The number of carboxylic acids is 1. The number of carbonyl (C=O) groups is 3. The van der Waals surface area contributed by atoms with Gasteiger partial charge in [-0.2, -0.15) is 0 Å². The number of carboxylic acid groups (broad SMARTS) is 1. The minimum Gasteiger partial charge on any atom is -0.478 e. The second-order valence-corrected chi connectivity index (χ2v) is 10.2. The number of nitrogens with zero attached hydrogens (tertiary/aromatic N) is 1. The van der Waals surface area contributed by atoms with Gasteiger partial charge in [-0.25, -0.2) is 14.0 Å². The van der Waals surface area contributed by atoms with Crippen molar-refractivity contribution in [3.05, 3.63) is 125 Å². The molecule has 0 bridgehead atoms. The molecule has 0 spiro atoms. The first-order valence-corrected chi connectivity index (χ1v) is 13.5. The predicted octanol–water partition coefficient (Wildman–Crippen LogP) is 5.50. The van der Waals surface area contributed by atoms with Crippen molar-refractivity contribution in [1.82, 2.24) is 10.2 Å². The van der Waals surface area contributed by atoms with Crippen LogP contribution in [0.5, 0.6) is 0 Å². The molecule has 0 saturated carbocycles. The molecule has 42 heavy (non-hydrogen) atoms. The molecule has 214 valence electrons. The first-order chi connectivity index (χ1) is 20.3. The van der Waals surface area contributed by atoms with Crippen LogP contribution in [0.15, 0.2) is 97.1 Å². The zero-order chi connectivity index (χ0) is 29.6. The highest BCUT2D eigenvalue weighted by Crippen LogP contribution is 2.44. The van der Waals surface area contributed by atoms with Gasteiger partial charge < -0.3 is 20.5 Å². The van der Waals surface area contributed by atoms with Gasteiger partial charge in [0.15, 0.2) is 5.82 Å². The van der Waals surface area contributed by atoms with Crippen molar-refractivity contribution in [3.8, 4) is 11.1 Å². The molecule has 0 heterocycles. The Morgan fingerprint density at radius 2 is 1.50 bits per heavy atom. The third-order valence-corrected chi connectivity index (χ3v) is 7.23. The van der Waals surface area contributed by atoms with Gasteiger partial charge in [0.25, 0.3) is 0 Å². The number of hydrogen-bond donors (Lipinski definition) is 3. The van der Waals surface area contributed by atoms with E-state index >= 15 is 0 Å². The summed E-state index contributed by atoms with van der Waals surface area (Å²) in [6, 6.07) is 28.1. The lowest BCUT2D eigenvalue weighted by Gasteiger charge is -2.25. The van der Waals surface area contributed by atoms with Crippen LogP contribution in [-0.4, -0.2) is 54.2 Å². The Balaban J connectivity index is 1.31. The molecule has 1 aliphatic rings. The van der Waals surface area contributed by atoms with E-state index in [1.54, 1.807) is 7.05 Å². The Bertz CT molecular complexity index is 1570. The number of likely N-dealkylation sites (N-methyl/N-ethyl adjacent to an activating group) is 1. The van der Waals surface area contributed by atoms with Gasteiger partial charge in [-0.1, -0.05) is 84.9 Å². The number of aromatic carboxylic acids is 1. The third-order valence-electron chi connectivity index (χ3n) is 7.23. The molecule has 1 aliphatic carbocycles. The smallest absolute Gasteiger partial charge is 0.407 e. The van der Waals surface area contributed by atoms with Crippen LogP contribution >= 0.6 is 0 Å². The molecule has 0 radical (unpaired) electrons. The van der Waals surface area contributed by atoms with Crippen molar-refractivity contribution in [1.29, 1.82) is 0 Å². The molecule has 2 amide bonds. The largest absolute Gasteiger partial charge is 0.478 e. The Morgan fingerprint density at radius 1 is 0.881 bits per heavy atom. The SMILES string of the molecule is CN(Cc1ccccc1)CC(NC(=O)OCC1c2ccccc2-c2ccccc21)C(=O)Nc1cccc(C(=O)O)c1F. The number of ether oxygens (including phenoxy) is 1. The number of benzene rings is 4. The lowest BCUT2D eigenvalue weighted by atomic mass is 9.98. The maximum Gasteiger partial charge on any atom is 0.407 e. The van der Waals surface area contributed by atoms with E-state index in [1.807, 2.05) is 83.8 Å². The lowest BCUT2D eigenvalue weighted by molar-refractivity contribution is -0.118. The predicted molar refractivity (Wildman–Crippen MR) is 157 cm³/mol. The summed E-state index contributed by atoms with van der Waals surface area (Å²) < 4.78 is 20.4. The van der Waals surface area contributed by atoms with Crippen LogP contribution in [0.25, 0.3) is 11.1 Å². The molecule has 4 aromatic rings. The summed E-state index contributed by atoms with van der Waals surface area (Å²) in [5.74, 6) is -3.41. The second kappa shape index (κ2) is 12.7. The molecule has 1 unspecified atom stereocenters. The monoisotopic (exact) mass is 567 g/mol. The van der Waals surface area contributed by atoms with Gasteiger partial charge >= 0.3 is 12.1 Å². The zero-order valence-corrected chi connectivity index (χ0v) is 22.9. The van der Waals surface area contributed by atoms with E-state index in [2.05, 4.69) is 10.6 Å². The Kier molecular flexibility index (Phi) is 8.59. The topological polar surface area (TPSA) is 108 Å². The minimum atomic E-state index is -1.46. The number of amides is 2. The normalized spacial score (nSPS) is 12.7. The number of halogens is 1. The number of anilines is 1. The summed E-state index contributed by atoms with van der Waals surface area (Å²) in [7, 11) is 1.79. The molecule has 1 atom stereocenters.